The van der Waals surface area contributed by atoms with Crippen molar-refractivity contribution >= 4 is 21.6 Å². The first-order chi connectivity index (χ1) is 10.0. The minimum atomic E-state index is -3.45. The molecule has 1 fully saturated rings. The van der Waals surface area contributed by atoms with Gasteiger partial charge < -0.3 is 10.6 Å². The van der Waals surface area contributed by atoms with E-state index in [4.69, 9.17) is 0 Å². The quantitative estimate of drug-likeness (QED) is 0.666. The molecule has 3 N–H and O–H groups in total. The topological polar surface area (TPSA) is 87.3 Å². The Labute approximate surface area is 125 Å². The molecule has 0 unspecified atom stereocenters. The fourth-order valence-electron chi connectivity index (χ4n) is 1.91. The summed E-state index contributed by atoms with van der Waals surface area (Å²) in [5.74, 6) is 0.603. The highest BCUT2D eigenvalue weighted by Gasteiger charge is 2.20. The Morgan fingerprint density at radius 1 is 1.24 bits per heavy atom. The number of rotatable bonds is 8. The van der Waals surface area contributed by atoms with Crippen molar-refractivity contribution in [2.45, 2.75) is 24.7 Å². The number of carbonyl (C=O) groups is 1. The zero-order valence-corrected chi connectivity index (χ0v) is 12.9. The molecule has 1 aliphatic carbocycles. The molecular weight excluding hydrogens is 290 g/mol. The molecule has 2 rings (SSSR count). The van der Waals surface area contributed by atoms with Crippen LogP contribution in [0.4, 0.5) is 5.69 Å². The van der Waals surface area contributed by atoms with Crippen molar-refractivity contribution in [1.29, 1.82) is 0 Å². The number of anilines is 1. The average Bonchev–Trinajstić information content (AvgIpc) is 3.23. The van der Waals surface area contributed by atoms with Gasteiger partial charge in [0.15, 0.2) is 0 Å². The Morgan fingerprint density at radius 3 is 2.48 bits per heavy atom. The lowest BCUT2D eigenvalue weighted by atomic mass is 10.3. The van der Waals surface area contributed by atoms with E-state index in [9.17, 15) is 13.2 Å². The molecule has 0 aromatic heterocycles. The van der Waals surface area contributed by atoms with E-state index in [0.29, 0.717) is 12.2 Å². The molecule has 6 nitrogen and oxygen atoms in total. The van der Waals surface area contributed by atoms with E-state index < -0.39 is 10.0 Å². The van der Waals surface area contributed by atoms with Crippen LogP contribution in [0.2, 0.25) is 0 Å². The highest BCUT2D eigenvalue weighted by atomic mass is 32.2. The standard InChI is InChI=1S/C14H21N3O3S/c1-2-16-21(19,20)13-7-5-12(6-8-13)17-14(18)10-15-9-11-3-4-11/h5-8,11,15-16H,2-4,9-10H2,1H3,(H,17,18). The number of carbonyl (C=O) groups excluding carboxylic acids is 1. The first-order valence-electron chi connectivity index (χ1n) is 7.11. The first-order valence-corrected chi connectivity index (χ1v) is 8.60. The Bertz CT molecular complexity index is 580. The number of hydrogen-bond donors (Lipinski definition) is 3. The molecule has 0 heterocycles. The summed E-state index contributed by atoms with van der Waals surface area (Å²) in [5, 5.41) is 5.83. The third-order valence-corrected chi connectivity index (χ3v) is 4.76. The largest absolute Gasteiger partial charge is 0.325 e. The monoisotopic (exact) mass is 311 g/mol. The maximum atomic E-state index is 11.8. The van der Waals surface area contributed by atoms with E-state index in [2.05, 4.69) is 15.4 Å². The summed E-state index contributed by atoms with van der Waals surface area (Å²) in [4.78, 5) is 11.9. The van der Waals surface area contributed by atoms with Crippen LogP contribution in [-0.4, -0.2) is 34.0 Å². The second kappa shape index (κ2) is 7.02. The van der Waals surface area contributed by atoms with Crippen molar-refractivity contribution in [3.63, 3.8) is 0 Å². The van der Waals surface area contributed by atoms with Crippen LogP contribution >= 0.6 is 0 Å². The maximum Gasteiger partial charge on any atom is 0.240 e. The molecule has 0 radical (unpaired) electrons. The lowest BCUT2D eigenvalue weighted by molar-refractivity contribution is -0.115. The van der Waals surface area contributed by atoms with E-state index >= 15 is 0 Å². The van der Waals surface area contributed by atoms with Gasteiger partial charge in [0.25, 0.3) is 0 Å². The van der Waals surface area contributed by atoms with Gasteiger partial charge in [0.1, 0.15) is 0 Å². The zero-order valence-electron chi connectivity index (χ0n) is 12.1. The minimum absolute atomic E-state index is 0.127. The third kappa shape index (κ3) is 5.11. The van der Waals surface area contributed by atoms with Crippen LogP contribution in [0.1, 0.15) is 19.8 Å². The van der Waals surface area contributed by atoms with Crippen LogP contribution in [0.25, 0.3) is 0 Å². The van der Waals surface area contributed by atoms with Crippen LogP contribution in [0.5, 0.6) is 0 Å². The van der Waals surface area contributed by atoms with Gasteiger partial charge in [0.2, 0.25) is 15.9 Å². The molecule has 0 bridgehead atoms. The van der Waals surface area contributed by atoms with Crippen molar-refractivity contribution in [3.05, 3.63) is 24.3 Å². The summed E-state index contributed by atoms with van der Waals surface area (Å²) in [7, 11) is -3.45. The van der Waals surface area contributed by atoms with E-state index in [1.165, 1.54) is 25.0 Å². The van der Waals surface area contributed by atoms with Crippen molar-refractivity contribution in [2.75, 3.05) is 25.0 Å². The van der Waals surface area contributed by atoms with E-state index in [1.807, 2.05) is 0 Å². The number of nitrogens with one attached hydrogen (secondary N) is 3. The van der Waals surface area contributed by atoms with Gasteiger partial charge in [-0.3, -0.25) is 4.79 Å². The summed E-state index contributed by atoms with van der Waals surface area (Å²) >= 11 is 0. The molecule has 0 aliphatic heterocycles. The summed E-state index contributed by atoms with van der Waals surface area (Å²) in [6.07, 6.45) is 2.49. The van der Waals surface area contributed by atoms with Crippen molar-refractivity contribution < 1.29 is 13.2 Å². The summed E-state index contributed by atoms with van der Waals surface area (Å²) < 4.78 is 26.0. The van der Waals surface area contributed by atoms with Crippen LogP contribution in [0, 0.1) is 5.92 Å². The molecule has 0 spiro atoms. The summed E-state index contributed by atoms with van der Waals surface area (Å²) in [6, 6.07) is 6.13. The predicted octanol–water partition coefficient (Wildman–Crippen LogP) is 0.923. The lowest BCUT2D eigenvalue weighted by Gasteiger charge is -2.08. The second-order valence-corrected chi connectivity index (χ2v) is 6.92. The lowest BCUT2D eigenvalue weighted by Crippen LogP contribution is -2.29. The molecule has 0 atom stereocenters. The number of benzene rings is 1. The van der Waals surface area contributed by atoms with E-state index in [0.717, 1.165) is 12.5 Å². The van der Waals surface area contributed by atoms with Gasteiger partial charge in [-0.25, -0.2) is 13.1 Å². The Balaban J connectivity index is 1.85. The van der Waals surface area contributed by atoms with Gasteiger partial charge in [-0.2, -0.15) is 0 Å². The SMILES string of the molecule is CCNS(=O)(=O)c1ccc(NC(=O)CNCC2CC2)cc1. The third-order valence-electron chi connectivity index (χ3n) is 3.20. The fourth-order valence-corrected chi connectivity index (χ4v) is 2.95. The minimum Gasteiger partial charge on any atom is -0.325 e. The van der Waals surface area contributed by atoms with Gasteiger partial charge in [-0.1, -0.05) is 6.92 Å². The molecule has 1 aromatic carbocycles. The second-order valence-electron chi connectivity index (χ2n) is 5.15. The first kappa shape index (κ1) is 15.9. The molecule has 0 saturated heterocycles. The van der Waals surface area contributed by atoms with Gasteiger partial charge in [-0.15, -0.1) is 0 Å². The van der Waals surface area contributed by atoms with Gasteiger partial charge in [0.05, 0.1) is 11.4 Å². The predicted molar refractivity (Wildman–Crippen MR) is 81.5 cm³/mol. The normalized spacial score (nSPS) is 14.9. The van der Waals surface area contributed by atoms with Crippen molar-refractivity contribution in [2.24, 2.45) is 5.92 Å². The highest BCUT2D eigenvalue weighted by molar-refractivity contribution is 7.89. The molecule has 1 saturated carbocycles. The van der Waals surface area contributed by atoms with E-state index in [1.54, 1.807) is 19.1 Å². The molecule has 7 heteroatoms. The summed E-state index contributed by atoms with van der Waals surface area (Å²) in [5.41, 5.74) is 0.587. The Kier molecular flexibility index (Phi) is 5.33. The average molecular weight is 311 g/mol. The van der Waals surface area contributed by atoms with Crippen LogP contribution in [0.15, 0.2) is 29.2 Å². The van der Waals surface area contributed by atoms with Crippen LogP contribution < -0.4 is 15.4 Å². The number of hydrogen-bond acceptors (Lipinski definition) is 4. The summed E-state index contributed by atoms with van der Waals surface area (Å²) in [6.45, 7) is 3.22. The van der Waals surface area contributed by atoms with Gasteiger partial charge >= 0.3 is 0 Å². The molecule has 1 aromatic rings. The van der Waals surface area contributed by atoms with Gasteiger partial charge in [0, 0.05) is 12.2 Å². The van der Waals surface area contributed by atoms with Crippen LogP contribution in [-0.2, 0) is 14.8 Å². The maximum absolute atomic E-state index is 11.8. The molecule has 1 aliphatic rings. The molecule has 1 amide bonds. The molecule has 116 valence electrons. The van der Waals surface area contributed by atoms with Crippen LogP contribution in [0.3, 0.4) is 0 Å². The van der Waals surface area contributed by atoms with Crippen molar-refractivity contribution in [3.8, 4) is 0 Å². The fraction of sp³-hybridized carbons (Fsp3) is 0.500. The molecule has 21 heavy (non-hydrogen) atoms. The Hall–Kier alpha value is -1.44. The Morgan fingerprint density at radius 2 is 1.90 bits per heavy atom. The van der Waals surface area contributed by atoms with Crippen molar-refractivity contribution in [1.82, 2.24) is 10.0 Å². The number of amides is 1. The number of sulfonamides is 1. The van der Waals surface area contributed by atoms with E-state index in [-0.39, 0.29) is 17.3 Å². The highest BCUT2D eigenvalue weighted by Crippen LogP contribution is 2.27. The van der Waals surface area contributed by atoms with Gasteiger partial charge in [-0.05, 0) is 49.6 Å². The smallest absolute Gasteiger partial charge is 0.240 e. The molecular formula is C14H21N3O3S. The zero-order chi connectivity index (χ0) is 15.3.